The average Bonchev–Trinajstić information content (AvgIpc) is 3.46. The van der Waals surface area contributed by atoms with Gasteiger partial charge in [0.2, 0.25) is 11.9 Å². The minimum atomic E-state index is -3.98. The Labute approximate surface area is 167 Å². The number of nitrogens with zero attached hydrogens (tertiary/aromatic N) is 2. The van der Waals surface area contributed by atoms with Crippen molar-refractivity contribution >= 4 is 38.9 Å². The van der Waals surface area contributed by atoms with E-state index >= 15 is 0 Å². The molecule has 1 fully saturated rings. The second-order valence-corrected chi connectivity index (χ2v) is 8.57. The molecule has 0 unspecified atom stereocenters. The van der Waals surface area contributed by atoms with Crippen molar-refractivity contribution in [3.8, 4) is 0 Å². The third kappa shape index (κ3) is 3.95. The number of rotatable bonds is 7. The van der Waals surface area contributed by atoms with Crippen LogP contribution in [0.15, 0.2) is 53.4 Å². The summed E-state index contributed by atoms with van der Waals surface area (Å²) < 4.78 is 27.5. The van der Waals surface area contributed by atoms with Crippen LogP contribution in [0.5, 0.6) is 0 Å². The van der Waals surface area contributed by atoms with Gasteiger partial charge in [-0.25, -0.2) is 8.42 Å². The Morgan fingerprint density at radius 1 is 1.29 bits per heavy atom. The van der Waals surface area contributed by atoms with Crippen molar-refractivity contribution in [2.75, 3.05) is 16.2 Å². The molecule has 0 saturated heterocycles. The van der Waals surface area contributed by atoms with E-state index in [-0.39, 0.29) is 28.6 Å². The Morgan fingerprint density at radius 2 is 1.96 bits per heavy atom. The Bertz CT molecular complexity index is 1010. The Balaban J connectivity index is 1.88. The minimum Gasteiger partial charge on any atom is -0.326 e. The molecule has 1 N–H and O–H groups in total. The van der Waals surface area contributed by atoms with Crippen LogP contribution < -0.4 is 9.62 Å². The van der Waals surface area contributed by atoms with Gasteiger partial charge in [-0.1, -0.05) is 29.8 Å². The van der Waals surface area contributed by atoms with E-state index in [1.807, 2.05) is 0 Å². The number of carbonyl (C=O) groups excluding carboxylic acids is 1. The van der Waals surface area contributed by atoms with Crippen molar-refractivity contribution < 1.29 is 18.1 Å². The molecule has 2 aromatic rings. The molecular weight excluding hydrogens is 406 g/mol. The Hall–Kier alpha value is -2.65. The van der Waals surface area contributed by atoms with Gasteiger partial charge in [-0.3, -0.25) is 19.2 Å². The third-order valence-corrected chi connectivity index (χ3v) is 6.85. The van der Waals surface area contributed by atoms with Gasteiger partial charge >= 0.3 is 0 Å². The number of halogens is 1. The lowest BCUT2D eigenvalue weighted by Gasteiger charge is -2.23. The summed E-state index contributed by atoms with van der Waals surface area (Å²) in [5.41, 5.74) is 0.702. The summed E-state index contributed by atoms with van der Waals surface area (Å²) in [5.74, 6) is -1.22. The first-order chi connectivity index (χ1) is 13.3. The lowest BCUT2D eigenvalue weighted by atomic mass is 10.3. The highest BCUT2D eigenvalue weighted by molar-refractivity contribution is 7.93. The van der Waals surface area contributed by atoms with Crippen LogP contribution in [-0.4, -0.2) is 31.8 Å². The fraction of sp³-hybridized carbons (Fsp3) is 0.278. The molecule has 10 heteroatoms. The maximum Gasteiger partial charge on any atom is 0.265 e. The summed E-state index contributed by atoms with van der Waals surface area (Å²) in [6.45, 7) is 1.89. The highest BCUT2D eigenvalue weighted by Crippen LogP contribution is 2.35. The summed E-state index contributed by atoms with van der Waals surface area (Å²) in [6.07, 6.45) is 0.176. The van der Waals surface area contributed by atoms with Crippen LogP contribution in [0.25, 0.3) is 0 Å². The van der Waals surface area contributed by atoms with E-state index in [0.717, 1.165) is 0 Å². The van der Waals surface area contributed by atoms with Gasteiger partial charge in [-0.2, -0.15) is 0 Å². The van der Waals surface area contributed by atoms with Crippen LogP contribution in [0.4, 0.5) is 11.4 Å². The minimum absolute atomic E-state index is 0.0157. The number of anilines is 2. The van der Waals surface area contributed by atoms with Gasteiger partial charge in [0.05, 0.1) is 10.7 Å². The second-order valence-electron chi connectivity index (χ2n) is 6.33. The molecule has 8 nitrogen and oxygen atoms in total. The fourth-order valence-corrected chi connectivity index (χ4v) is 4.89. The monoisotopic (exact) mass is 423 g/mol. The molecule has 0 heterocycles. The van der Waals surface area contributed by atoms with Crippen molar-refractivity contribution in [3.05, 3.63) is 63.7 Å². The van der Waals surface area contributed by atoms with Gasteiger partial charge in [-0.15, -0.1) is 0 Å². The molecule has 1 saturated carbocycles. The largest absolute Gasteiger partial charge is 0.326 e. The zero-order valence-electron chi connectivity index (χ0n) is 14.9. The van der Waals surface area contributed by atoms with Gasteiger partial charge in [0, 0.05) is 23.6 Å². The molecule has 0 bridgehead atoms. The standard InChI is InChI=1S/C18H18ClN3O5S/c1-2-21(13-6-4-3-5-7-13)28(26,27)17-10-12(8-9-15(17)19)20-18(23)14-11-16(14)22(24)25/h3-10,14,16H,2,11H2,1H3,(H,20,23)/t14-,16+/m1/s1. The molecule has 0 aliphatic heterocycles. The normalized spacial score (nSPS) is 18.4. The topological polar surface area (TPSA) is 110 Å². The van der Waals surface area contributed by atoms with E-state index in [1.165, 1.54) is 22.5 Å². The number of benzene rings is 2. The van der Waals surface area contributed by atoms with Crippen LogP contribution in [0.2, 0.25) is 5.02 Å². The highest BCUT2D eigenvalue weighted by Gasteiger charge is 2.53. The van der Waals surface area contributed by atoms with Crippen molar-refractivity contribution in [2.24, 2.45) is 5.92 Å². The summed E-state index contributed by atoms with van der Waals surface area (Å²) in [7, 11) is -3.98. The van der Waals surface area contributed by atoms with Crippen LogP contribution >= 0.6 is 11.6 Å². The molecule has 3 rings (SSSR count). The van der Waals surface area contributed by atoms with Gasteiger partial charge in [-0.05, 0) is 37.3 Å². The zero-order chi connectivity index (χ0) is 20.5. The van der Waals surface area contributed by atoms with E-state index < -0.39 is 32.8 Å². The summed E-state index contributed by atoms with van der Waals surface area (Å²) >= 11 is 6.14. The molecule has 1 amide bonds. The number of nitro groups is 1. The first-order valence-electron chi connectivity index (χ1n) is 8.57. The van der Waals surface area contributed by atoms with Gasteiger partial charge in [0.15, 0.2) is 0 Å². The quantitative estimate of drug-likeness (QED) is 0.543. The summed E-state index contributed by atoms with van der Waals surface area (Å²) in [6, 6.07) is 11.8. The fourth-order valence-electron chi connectivity index (χ4n) is 2.91. The van der Waals surface area contributed by atoms with Crippen LogP contribution in [0, 0.1) is 16.0 Å². The van der Waals surface area contributed by atoms with Crippen molar-refractivity contribution in [2.45, 2.75) is 24.3 Å². The first kappa shape index (κ1) is 20.1. The number of hydrogen-bond donors (Lipinski definition) is 1. The van der Waals surface area contributed by atoms with Crippen molar-refractivity contribution in [3.63, 3.8) is 0 Å². The van der Waals surface area contributed by atoms with E-state index in [2.05, 4.69) is 5.32 Å². The van der Waals surface area contributed by atoms with E-state index in [1.54, 1.807) is 37.3 Å². The zero-order valence-corrected chi connectivity index (χ0v) is 16.5. The SMILES string of the molecule is CCN(c1ccccc1)S(=O)(=O)c1cc(NC(=O)[C@@H]2C[C@@H]2[N+](=O)[O-])ccc1Cl. The summed E-state index contributed by atoms with van der Waals surface area (Å²) in [4.78, 5) is 22.2. The predicted octanol–water partition coefficient (Wildman–Crippen LogP) is 3.16. The molecule has 0 radical (unpaired) electrons. The second kappa shape index (κ2) is 7.76. The van der Waals surface area contributed by atoms with Gasteiger partial charge in [0.25, 0.3) is 10.0 Å². The third-order valence-electron chi connectivity index (χ3n) is 4.46. The molecule has 1 aliphatic carbocycles. The van der Waals surface area contributed by atoms with E-state index in [0.29, 0.717) is 5.69 Å². The Kier molecular flexibility index (Phi) is 5.57. The Morgan fingerprint density at radius 3 is 2.54 bits per heavy atom. The van der Waals surface area contributed by atoms with E-state index in [9.17, 15) is 23.3 Å². The molecule has 2 aromatic carbocycles. The molecule has 2 atom stereocenters. The molecule has 0 spiro atoms. The number of para-hydroxylation sites is 1. The first-order valence-corrected chi connectivity index (χ1v) is 10.4. The van der Waals surface area contributed by atoms with E-state index in [4.69, 9.17) is 11.6 Å². The van der Waals surface area contributed by atoms with Crippen LogP contribution in [-0.2, 0) is 14.8 Å². The number of nitrogens with one attached hydrogen (secondary N) is 1. The lowest BCUT2D eigenvalue weighted by Crippen LogP contribution is -2.31. The molecule has 148 valence electrons. The predicted molar refractivity (Wildman–Crippen MR) is 106 cm³/mol. The number of amides is 1. The van der Waals surface area contributed by atoms with Crippen LogP contribution in [0.1, 0.15) is 13.3 Å². The van der Waals surface area contributed by atoms with Crippen LogP contribution in [0.3, 0.4) is 0 Å². The molecule has 0 aromatic heterocycles. The number of hydrogen-bond acceptors (Lipinski definition) is 5. The number of carbonyl (C=O) groups is 1. The van der Waals surface area contributed by atoms with Crippen molar-refractivity contribution in [1.29, 1.82) is 0 Å². The molecular formula is C18H18ClN3O5S. The smallest absolute Gasteiger partial charge is 0.265 e. The molecule has 28 heavy (non-hydrogen) atoms. The maximum absolute atomic E-state index is 13.1. The summed E-state index contributed by atoms with van der Waals surface area (Å²) in [5, 5.41) is 13.3. The van der Waals surface area contributed by atoms with Gasteiger partial charge in [0.1, 0.15) is 10.8 Å². The molecule has 1 aliphatic rings. The number of sulfonamides is 1. The maximum atomic E-state index is 13.1. The van der Waals surface area contributed by atoms with Gasteiger partial charge < -0.3 is 5.32 Å². The highest BCUT2D eigenvalue weighted by atomic mass is 35.5. The average molecular weight is 424 g/mol. The van der Waals surface area contributed by atoms with Crippen molar-refractivity contribution in [1.82, 2.24) is 0 Å². The lowest BCUT2D eigenvalue weighted by molar-refractivity contribution is -0.497.